The van der Waals surface area contributed by atoms with E-state index in [0.29, 0.717) is 17.4 Å². The van der Waals surface area contributed by atoms with Crippen LogP contribution in [-0.4, -0.2) is 24.8 Å². The highest BCUT2D eigenvalue weighted by atomic mass is 32.2. The van der Waals surface area contributed by atoms with Crippen molar-refractivity contribution in [2.24, 2.45) is 0 Å². The predicted molar refractivity (Wildman–Crippen MR) is 88.0 cm³/mol. The molecule has 0 fully saturated rings. The van der Waals surface area contributed by atoms with E-state index in [2.05, 4.69) is 18.8 Å². The molecule has 2 aromatic rings. The molecule has 0 bridgehead atoms. The van der Waals surface area contributed by atoms with E-state index in [-0.39, 0.29) is 0 Å². The Hall–Kier alpha value is -1.72. The first kappa shape index (κ1) is 16.6. The van der Waals surface area contributed by atoms with Gasteiger partial charge in [-0.25, -0.2) is 8.42 Å². The third kappa shape index (κ3) is 3.72. The molecule has 0 saturated heterocycles. The Morgan fingerprint density at radius 3 is 2.41 bits per heavy atom. The lowest BCUT2D eigenvalue weighted by atomic mass is 9.99. The van der Waals surface area contributed by atoms with Gasteiger partial charge < -0.3 is 0 Å². The second-order valence-corrected chi connectivity index (χ2v) is 7.55. The summed E-state index contributed by atoms with van der Waals surface area (Å²) in [5.41, 5.74) is 2.03. The summed E-state index contributed by atoms with van der Waals surface area (Å²) in [4.78, 5) is 4.34. The summed E-state index contributed by atoms with van der Waals surface area (Å²) < 4.78 is 26.5. The third-order valence-electron chi connectivity index (χ3n) is 3.90. The molecular weight excluding hydrogens is 296 g/mol. The van der Waals surface area contributed by atoms with Crippen LogP contribution in [0.25, 0.3) is 0 Å². The standard InChI is InChI=1S/C17H22N2O2S/c1-4-14(2)16-7-9-17(10-8-16)22(20,21)19(3)13-15-6-5-11-18-12-15/h5-12,14H,4,13H2,1-3H3. The molecule has 0 radical (unpaired) electrons. The van der Waals surface area contributed by atoms with Crippen LogP contribution in [0.15, 0.2) is 53.7 Å². The summed E-state index contributed by atoms with van der Waals surface area (Å²) in [5, 5.41) is 0. The summed E-state index contributed by atoms with van der Waals surface area (Å²) in [5.74, 6) is 0.435. The second kappa shape index (κ2) is 7.03. The van der Waals surface area contributed by atoms with E-state index in [4.69, 9.17) is 0 Å². The molecule has 1 atom stereocenters. The lowest BCUT2D eigenvalue weighted by Crippen LogP contribution is -2.26. The zero-order valence-electron chi connectivity index (χ0n) is 13.2. The Kier molecular flexibility index (Phi) is 5.32. The van der Waals surface area contributed by atoms with Gasteiger partial charge in [0, 0.05) is 26.0 Å². The smallest absolute Gasteiger partial charge is 0.243 e. The summed E-state index contributed by atoms with van der Waals surface area (Å²) in [6.45, 7) is 4.57. The van der Waals surface area contributed by atoms with E-state index in [0.717, 1.165) is 17.5 Å². The maximum atomic E-state index is 12.6. The molecule has 1 aromatic carbocycles. The summed E-state index contributed by atoms with van der Waals surface area (Å²) in [7, 11) is -1.89. The maximum Gasteiger partial charge on any atom is 0.243 e. The molecule has 0 aliphatic carbocycles. The molecule has 0 N–H and O–H groups in total. The van der Waals surface area contributed by atoms with Crippen LogP contribution < -0.4 is 0 Å². The topological polar surface area (TPSA) is 50.3 Å². The number of pyridine rings is 1. The summed E-state index contributed by atoms with van der Waals surface area (Å²) >= 11 is 0. The van der Waals surface area contributed by atoms with Gasteiger partial charge in [-0.05, 0) is 41.7 Å². The highest BCUT2D eigenvalue weighted by Gasteiger charge is 2.21. The largest absolute Gasteiger partial charge is 0.264 e. The molecule has 0 spiro atoms. The van der Waals surface area contributed by atoms with Crippen molar-refractivity contribution in [2.75, 3.05) is 7.05 Å². The fraction of sp³-hybridized carbons (Fsp3) is 0.353. The molecule has 0 aliphatic rings. The molecule has 118 valence electrons. The molecule has 0 saturated carbocycles. The van der Waals surface area contributed by atoms with Crippen molar-refractivity contribution in [3.63, 3.8) is 0 Å². The lowest BCUT2D eigenvalue weighted by Gasteiger charge is -2.18. The van der Waals surface area contributed by atoms with Crippen LogP contribution in [0.1, 0.15) is 37.3 Å². The van der Waals surface area contributed by atoms with Crippen LogP contribution in [0.3, 0.4) is 0 Å². The first-order valence-electron chi connectivity index (χ1n) is 7.40. The highest BCUT2D eigenvalue weighted by molar-refractivity contribution is 7.89. The molecule has 1 heterocycles. The summed E-state index contributed by atoms with van der Waals surface area (Å²) in [6.07, 6.45) is 4.39. The molecule has 5 heteroatoms. The van der Waals surface area contributed by atoms with Crippen LogP contribution in [-0.2, 0) is 16.6 Å². The fourth-order valence-electron chi connectivity index (χ4n) is 2.22. The van der Waals surface area contributed by atoms with Crippen molar-refractivity contribution < 1.29 is 8.42 Å². The molecule has 1 aromatic heterocycles. The number of rotatable bonds is 6. The Morgan fingerprint density at radius 2 is 1.86 bits per heavy atom. The van der Waals surface area contributed by atoms with Crippen LogP contribution in [0.5, 0.6) is 0 Å². The van der Waals surface area contributed by atoms with Gasteiger partial charge in [-0.15, -0.1) is 0 Å². The van der Waals surface area contributed by atoms with Gasteiger partial charge in [0.2, 0.25) is 10.0 Å². The van der Waals surface area contributed by atoms with Crippen LogP contribution >= 0.6 is 0 Å². The van der Waals surface area contributed by atoms with Gasteiger partial charge in [0.05, 0.1) is 4.90 Å². The highest BCUT2D eigenvalue weighted by Crippen LogP contribution is 2.22. The summed E-state index contributed by atoms with van der Waals surface area (Å²) in [6, 6.07) is 10.9. The third-order valence-corrected chi connectivity index (χ3v) is 5.72. The van der Waals surface area contributed by atoms with Gasteiger partial charge in [0.25, 0.3) is 0 Å². The average Bonchev–Trinajstić information content (AvgIpc) is 2.55. The number of aromatic nitrogens is 1. The van der Waals surface area contributed by atoms with Gasteiger partial charge in [-0.1, -0.05) is 32.0 Å². The van der Waals surface area contributed by atoms with Crippen LogP contribution in [0.2, 0.25) is 0 Å². The first-order chi connectivity index (χ1) is 10.4. The number of sulfonamides is 1. The molecule has 1 unspecified atom stereocenters. The zero-order valence-corrected chi connectivity index (χ0v) is 14.0. The van der Waals surface area contributed by atoms with Crippen molar-refractivity contribution >= 4 is 10.0 Å². The Labute approximate surface area is 132 Å². The van der Waals surface area contributed by atoms with Crippen molar-refractivity contribution in [3.05, 3.63) is 59.9 Å². The van der Waals surface area contributed by atoms with E-state index in [9.17, 15) is 8.42 Å². The van der Waals surface area contributed by atoms with Gasteiger partial charge in [-0.3, -0.25) is 4.98 Å². The first-order valence-corrected chi connectivity index (χ1v) is 8.84. The number of nitrogens with zero attached hydrogens (tertiary/aromatic N) is 2. The molecular formula is C17H22N2O2S. The fourth-order valence-corrected chi connectivity index (χ4v) is 3.38. The van der Waals surface area contributed by atoms with Crippen molar-refractivity contribution in [1.29, 1.82) is 0 Å². The number of benzene rings is 1. The Bertz CT molecular complexity index is 697. The normalized spacial score (nSPS) is 13.3. The maximum absolute atomic E-state index is 12.6. The van der Waals surface area contributed by atoms with E-state index in [1.165, 1.54) is 4.31 Å². The Morgan fingerprint density at radius 1 is 1.18 bits per heavy atom. The lowest BCUT2D eigenvalue weighted by molar-refractivity contribution is 0.466. The minimum Gasteiger partial charge on any atom is -0.264 e. The Balaban J connectivity index is 2.19. The predicted octanol–water partition coefficient (Wildman–Crippen LogP) is 3.42. The van der Waals surface area contributed by atoms with Crippen LogP contribution in [0.4, 0.5) is 0 Å². The molecule has 22 heavy (non-hydrogen) atoms. The van der Waals surface area contributed by atoms with E-state index < -0.39 is 10.0 Å². The average molecular weight is 318 g/mol. The minimum atomic E-state index is -3.48. The molecule has 0 aliphatic heterocycles. The molecule has 4 nitrogen and oxygen atoms in total. The number of hydrogen-bond acceptors (Lipinski definition) is 3. The van der Waals surface area contributed by atoms with Gasteiger partial charge >= 0.3 is 0 Å². The van der Waals surface area contributed by atoms with Gasteiger partial charge in [-0.2, -0.15) is 4.31 Å². The monoisotopic (exact) mass is 318 g/mol. The van der Waals surface area contributed by atoms with Crippen molar-refractivity contribution in [3.8, 4) is 0 Å². The number of hydrogen-bond donors (Lipinski definition) is 0. The van der Waals surface area contributed by atoms with Crippen LogP contribution in [0, 0.1) is 0 Å². The van der Waals surface area contributed by atoms with Gasteiger partial charge in [0.1, 0.15) is 0 Å². The molecule has 2 rings (SSSR count). The van der Waals surface area contributed by atoms with Crippen molar-refractivity contribution in [1.82, 2.24) is 9.29 Å². The van der Waals surface area contributed by atoms with E-state index >= 15 is 0 Å². The zero-order chi connectivity index (χ0) is 16.2. The molecule has 0 amide bonds. The quantitative estimate of drug-likeness (QED) is 0.820. The van der Waals surface area contributed by atoms with Crippen molar-refractivity contribution in [2.45, 2.75) is 37.6 Å². The van der Waals surface area contributed by atoms with E-state index in [1.807, 2.05) is 18.2 Å². The van der Waals surface area contributed by atoms with E-state index in [1.54, 1.807) is 37.6 Å². The SMILES string of the molecule is CCC(C)c1ccc(S(=O)(=O)N(C)Cc2cccnc2)cc1. The van der Waals surface area contributed by atoms with Gasteiger partial charge in [0.15, 0.2) is 0 Å². The minimum absolute atomic E-state index is 0.309. The second-order valence-electron chi connectivity index (χ2n) is 5.50.